The molecule has 118 valence electrons. The molecule has 0 saturated heterocycles. The number of hydrogen-bond acceptors (Lipinski definition) is 5. The number of carbonyl (C=O) groups excluding carboxylic acids is 1. The van der Waals surface area contributed by atoms with Crippen LogP contribution in [0.1, 0.15) is 38.4 Å². The third-order valence-corrected chi connectivity index (χ3v) is 3.23. The Morgan fingerprint density at radius 2 is 1.90 bits per heavy atom. The summed E-state index contributed by atoms with van der Waals surface area (Å²) in [6.07, 6.45) is 0.209. The fourth-order valence-electron chi connectivity index (χ4n) is 2.08. The summed E-state index contributed by atoms with van der Waals surface area (Å²) in [6.45, 7) is 3.93. The minimum Gasteiger partial charge on any atom is -0.491 e. The van der Waals surface area contributed by atoms with Crippen molar-refractivity contribution in [3.8, 4) is 5.75 Å². The minimum atomic E-state index is -0.687. The number of aliphatic hydroxyl groups is 1. The first-order valence-corrected chi connectivity index (χ1v) is 7.16. The van der Waals surface area contributed by atoms with E-state index in [0.29, 0.717) is 6.42 Å². The van der Waals surface area contributed by atoms with Gasteiger partial charge in [0.15, 0.2) is 0 Å². The molecule has 0 saturated carbocycles. The summed E-state index contributed by atoms with van der Waals surface area (Å²) in [5, 5.41) is 13.4. The lowest BCUT2D eigenvalue weighted by atomic mass is 9.98. The lowest BCUT2D eigenvalue weighted by Gasteiger charge is -2.22. The summed E-state index contributed by atoms with van der Waals surface area (Å²) < 4.78 is 10.2. The van der Waals surface area contributed by atoms with Gasteiger partial charge in [0.25, 0.3) is 0 Å². The number of aliphatic hydroxyl groups excluding tert-OH is 1. The number of benzene rings is 1. The molecule has 0 aliphatic carbocycles. The number of nitrogens with one attached hydrogen (secondary N) is 1. The molecule has 0 fully saturated rings. The lowest BCUT2D eigenvalue weighted by Crippen LogP contribution is -2.32. The molecule has 0 aromatic heterocycles. The number of rotatable bonds is 8. The van der Waals surface area contributed by atoms with Crippen LogP contribution in [0.25, 0.3) is 0 Å². The van der Waals surface area contributed by atoms with Gasteiger partial charge < -0.3 is 19.9 Å². The second-order valence-corrected chi connectivity index (χ2v) is 5.19. The third kappa shape index (κ3) is 5.73. The van der Waals surface area contributed by atoms with Crippen LogP contribution in [0.2, 0.25) is 0 Å². The smallest absolute Gasteiger partial charge is 0.305 e. The van der Waals surface area contributed by atoms with Crippen LogP contribution in [-0.2, 0) is 9.53 Å². The van der Waals surface area contributed by atoms with Crippen LogP contribution >= 0.6 is 0 Å². The molecule has 0 aliphatic rings. The van der Waals surface area contributed by atoms with Crippen LogP contribution in [0.3, 0.4) is 0 Å². The quantitative estimate of drug-likeness (QED) is 0.718. The Morgan fingerprint density at radius 3 is 2.38 bits per heavy atom. The van der Waals surface area contributed by atoms with E-state index in [9.17, 15) is 9.90 Å². The van der Waals surface area contributed by atoms with Crippen LogP contribution in [-0.4, -0.2) is 37.4 Å². The fourth-order valence-corrected chi connectivity index (χ4v) is 2.08. The number of hydrogen-bond donors (Lipinski definition) is 2. The Hall–Kier alpha value is -1.59. The summed E-state index contributed by atoms with van der Waals surface area (Å²) >= 11 is 0. The van der Waals surface area contributed by atoms with E-state index in [0.717, 1.165) is 11.3 Å². The molecule has 0 radical (unpaired) electrons. The van der Waals surface area contributed by atoms with Gasteiger partial charge >= 0.3 is 5.97 Å². The van der Waals surface area contributed by atoms with Gasteiger partial charge in [0.2, 0.25) is 0 Å². The van der Waals surface area contributed by atoms with Crippen LogP contribution in [0.4, 0.5) is 0 Å². The summed E-state index contributed by atoms with van der Waals surface area (Å²) in [6, 6.07) is 7.15. The average Bonchev–Trinajstić information content (AvgIpc) is 2.47. The van der Waals surface area contributed by atoms with Gasteiger partial charge in [-0.3, -0.25) is 4.79 Å². The first kappa shape index (κ1) is 17.5. The molecule has 1 aromatic carbocycles. The molecule has 0 bridgehead atoms. The van der Waals surface area contributed by atoms with Gasteiger partial charge in [-0.2, -0.15) is 0 Å². The molecule has 0 aliphatic heterocycles. The van der Waals surface area contributed by atoms with Gasteiger partial charge in [0.1, 0.15) is 5.75 Å². The van der Waals surface area contributed by atoms with Gasteiger partial charge in [-0.15, -0.1) is 0 Å². The minimum absolute atomic E-state index is 0.117. The normalized spacial score (nSPS) is 13.8. The topological polar surface area (TPSA) is 67.8 Å². The van der Waals surface area contributed by atoms with Gasteiger partial charge in [0, 0.05) is 12.5 Å². The van der Waals surface area contributed by atoms with Crippen molar-refractivity contribution in [2.75, 3.05) is 14.2 Å². The molecule has 21 heavy (non-hydrogen) atoms. The molecule has 0 amide bonds. The fraction of sp³-hybridized carbons (Fsp3) is 0.562. The van der Waals surface area contributed by atoms with Crippen LogP contribution in [0, 0.1) is 0 Å². The van der Waals surface area contributed by atoms with Crippen molar-refractivity contribution < 1.29 is 19.4 Å². The molecule has 5 heteroatoms. The highest BCUT2D eigenvalue weighted by atomic mass is 16.5. The third-order valence-electron chi connectivity index (χ3n) is 3.23. The number of esters is 1. The zero-order valence-electron chi connectivity index (χ0n) is 13.1. The van der Waals surface area contributed by atoms with Crippen molar-refractivity contribution in [1.82, 2.24) is 5.32 Å². The molecule has 0 spiro atoms. The largest absolute Gasteiger partial charge is 0.491 e. The number of carbonyl (C=O) groups is 1. The zero-order valence-corrected chi connectivity index (χ0v) is 13.1. The van der Waals surface area contributed by atoms with Crippen molar-refractivity contribution in [2.45, 2.75) is 44.9 Å². The maximum absolute atomic E-state index is 11.2. The summed E-state index contributed by atoms with van der Waals surface area (Å²) in [7, 11) is 3.13. The molecule has 0 heterocycles. The number of methoxy groups -OCH3 is 1. The maximum Gasteiger partial charge on any atom is 0.305 e. The van der Waals surface area contributed by atoms with Crippen molar-refractivity contribution >= 4 is 5.97 Å². The van der Waals surface area contributed by atoms with E-state index in [1.165, 1.54) is 7.11 Å². The molecular weight excluding hydrogens is 270 g/mol. The van der Waals surface area contributed by atoms with E-state index in [2.05, 4.69) is 10.1 Å². The maximum atomic E-state index is 11.2. The Bertz CT molecular complexity index is 430. The molecular formula is C16H25NO4. The van der Waals surface area contributed by atoms with Crippen molar-refractivity contribution in [1.29, 1.82) is 0 Å². The highest BCUT2D eigenvalue weighted by molar-refractivity contribution is 5.69. The van der Waals surface area contributed by atoms with E-state index in [1.54, 1.807) is 7.05 Å². The van der Waals surface area contributed by atoms with Crippen LogP contribution < -0.4 is 10.1 Å². The summed E-state index contributed by atoms with van der Waals surface area (Å²) in [5.41, 5.74) is 0.787. The predicted octanol–water partition coefficient (Wildman–Crippen LogP) is 2.05. The molecule has 2 atom stereocenters. The highest BCUT2D eigenvalue weighted by Crippen LogP contribution is 2.23. The molecule has 2 unspecified atom stereocenters. The summed E-state index contributed by atoms with van der Waals surface area (Å²) in [4.78, 5) is 11.2. The van der Waals surface area contributed by atoms with Gasteiger partial charge in [-0.05, 0) is 45.0 Å². The van der Waals surface area contributed by atoms with E-state index in [1.807, 2.05) is 38.1 Å². The molecule has 1 rings (SSSR count). The SMILES string of the molecule is CNC(CCC(=O)OC)C(O)c1ccc(OC(C)C)cc1. The lowest BCUT2D eigenvalue weighted by molar-refractivity contribution is -0.140. The summed E-state index contributed by atoms with van der Waals surface area (Å²) in [5.74, 6) is 0.500. The first-order valence-electron chi connectivity index (χ1n) is 7.16. The monoisotopic (exact) mass is 295 g/mol. The molecule has 5 nitrogen and oxygen atoms in total. The second kappa shape index (κ2) is 8.64. The Kier molecular flexibility index (Phi) is 7.19. The Morgan fingerprint density at radius 1 is 1.29 bits per heavy atom. The van der Waals surface area contributed by atoms with Crippen molar-refractivity contribution in [2.24, 2.45) is 0 Å². The zero-order chi connectivity index (χ0) is 15.8. The van der Waals surface area contributed by atoms with Gasteiger partial charge in [0.05, 0.1) is 19.3 Å². The van der Waals surface area contributed by atoms with E-state index in [4.69, 9.17) is 4.74 Å². The van der Waals surface area contributed by atoms with Crippen molar-refractivity contribution in [3.63, 3.8) is 0 Å². The standard InChI is InChI=1S/C16H25NO4/c1-11(2)21-13-7-5-12(6-8-13)16(19)14(17-3)9-10-15(18)20-4/h5-8,11,14,16-17,19H,9-10H2,1-4H3. The number of ether oxygens (including phenoxy) is 2. The Balaban J connectivity index is 2.66. The molecule has 2 N–H and O–H groups in total. The second-order valence-electron chi connectivity index (χ2n) is 5.19. The van der Waals surface area contributed by atoms with Crippen LogP contribution in [0.5, 0.6) is 5.75 Å². The first-order chi connectivity index (χ1) is 9.97. The highest BCUT2D eigenvalue weighted by Gasteiger charge is 2.20. The van der Waals surface area contributed by atoms with E-state index >= 15 is 0 Å². The van der Waals surface area contributed by atoms with Crippen molar-refractivity contribution in [3.05, 3.63) is 29.8 Å². The predicted molar refractivity (Wildman–Crippen MR) is 81.3 cm³/mol. The Labute approximate surface area is 126 Å². The van der Waals surface area contributed by atoms with E-state index < -0.39 is 6.10 Å². The van der Waals surface area contributed by atoms with Gasteiger partial charge in [-0.25, -0.2) is 0 Å². The average molecular weight is 295 g/mol. The van der Waals surface area contributed by atoms with Gasteiger partial charge in [-0.1, -0.05) is 12.1 Å². The van der Waals surface area contributed by atoms with Crippen LogP contribution in [0.15, 0.2) is 24.3 Å². The van der Waals surface area contributed by atoms with E-state index in [-0.39, 0.29) is 24.5 Å². The number of likely N-dealkylation sites (N-methyl/N-ethyl adjacent to an activating group) is 1. The molecule has 1 aromatic rings.